The molecule has 3 rings (SSSR count). The molecule has 0 aliphatic carbocycles. The average Bonchev–Trinajstić information content (AvgIpc) is 2.89. The number of rotatable bonds is 1. The summed E-state index contributed by atoms with van der Waals surface area (Å²) in [5.74, 6) is -0.636. The zero-order chi connectivity index (χ0) is 14.2. The number of carbonyl (C=O) groups is 1. The van der Waals surface area contributed by atoms with E-state index in [9.17, 15) is 4.79 Å². The number of anilines is 1. The van der Waals surface area contributed by atoms with E-state index in [0.717, 1.165) is 12.8 Å². The van der Waals surface area contributed by atoms with Crippen LogP contribution in [0.4, 0.5) is 5.69 Å². The number of nitrogens with two attached hydrogens (primary N) is 1. The van der Waals surface area contributed by atoms with Gasteiger partial charge in [-0.05, 0) is 34.5 Å². The fourth-order valence-electron chi connectivity index (χ4n) is 2.78. The Labute approximate surface area is 126 Å². The lowest BCUT2D eigenvalue weighted by atomic mass is 10.0. The number of carbonyl (C=O) groups excluding carboxylic acids is 1. The largest absolute Gasteiger partial charge is 0.398 e. The lowest BCUT2D eigenvalue weighted by Gasteiger charge is -2.38. The quantitative estimate of drug-likeness (QED) is 0.794. The number of nitrogens with zero attached hydrogens (tertiary/aromatic N) is 1. The van der Waals surface area contributed by atoms with Crippen LogP contribution in [0.1, 0.15) is 23.2 Å². The predicted octanol–water partition coefficient (Wildman–Crippen LogP) is 2.01. The molecule has 0 bridgehead atoms. The number of amides is 1. The van der Waals surface area contributed by atoms with Gasteiger partial charge < -0.3 is 20.1 Å². The van der Waals surface area contributed by atoms with Crippen LogP contribution in [-0.2, 0) is 9.47 Å². The molecule has 5 nitrogen and oxygen atoms in total. The fraction of sp³-hybridized carbons (Fsp3) is 0.500. The summed E-state index contributed by atoms with van der Waals surface area (Å²) in [5, 5.41) is 0. The van der Waals surface area contributed by atoms with Crippen molar-refractivity contribution < 1.29 is 14.3 Å². The molecule has 2 saturated heterocycles. The van der Waals surface area contributed by atoms with E-state index in [-0.39, 0.29) is 5.91 Å². The third kappa shape index (κ3) is 2.43. The Hall–Kier alpha value is -1.11. The molecule has 1 amide bonds. The highest BCUT2D eigenvalue weighted by molar-refractivity contribution is 9.10. The maximum atomic E-state index is 12.6. The molecule has 1 spiro atoms. The van der Waals surface area contributed by atoms with E-state index >= 15 is 0 Å². The Kier molecular flexibility index (Phi) is 3.70. The van der Waals surface area contributed by atoms with Crippen molar-refractivity contribution in [3.8, 4) is 0 Å². The van der Waals surface area contributed by atoms with Crippen LogP contribution < -0.4 is 5.73 Å². The van der Waals surface area contributed by atoms with Crippen LogP contribution >= 0.6 is 15.9 Å². The lowest BCUT2D eigenvalue weighted by molar-refractivity contribution is -0.183. The summed E-state index contributed by atoms with van der Waals surface area (Å²) < 4.78 is 12.0. The molecule has 2 aliphatic heterocycles. The minimum Gasteiger partial charge on any atom is -0.398 e. The Morgan fingerprint density at radius 3 is 2.85 bits per heavy atom. The monoisotopic (exact) mass is 340 g/mol. The number of hydrogen-bond acceptors (Lipinski definition) is 4. The highest BCUT2D eigenvalue weighted by Crippen LogP contribution is 2.32. The molecular formula is C14H17BrN2O3. The second-order valence-corrected chi connectivity index (χ2v) is 5.94. The van der Waals surface area contributed by atoms with Gasteiger partial charge in [0, 0.05) is 18.7 Å². The summed E-state index contributed by atoms with van der Waals surface area (Å²) in [4.78, 5) is 14.4. The van der Waals surface area contributed by atoms with Gasteiger partial charge in [-0.25, -0.2) is 0 Å². The first kappa shape index (κ1) is 13.9. The molecule has 0 unspecified atom stereocenters. The zero-order valence-corrected chi connectivity index (χ0v) is 12.7. The summed E-state index contributed by atoms with van der Waals surface area (Å²) >= 11 is 3.39. The first-order valence-electron chi connectivity index (χ1n) is 6.72. The fourth-order valence-corrected chi connectivity index (χ4v) is 3.21. The van der Waals surface area contributed by atoms with Crippen LogP contribution in [0, 0.1) is 0 Å². The van der Waals surface area contributed by atoms with Crippen molar-refractivity contribution in [2.24, 2.45) is 0 Å². The molecule has 1 aromatic rings. The minimum atomic E-state index is -0.597. The smallest absolute Gasteiger partial charge is 0.255 e. The lowest BCUT2D eigenvalue weighted by Crippen LogP contribution is -2.51. The third-order valence-electron chi connectivity index (χ3n) is 3.78. The Bertz CT molecular complexity index is 529. The van der Waals surface area contributed by atoms with Crippen LogP contribution in [0.25, 0.3) is 0 Å². The predicted molar refractivity (Wildman–Crippen MR) is 78.3 cm³/mol. The third-order valence-corrected chi connectivity index (χ3v) is 4.66. The Morgan fingerprint density at radius 1 is 1.35 bits per heavy atom. The maximum absolute atomic E-state index is 12.6. The number of piperidine rings is 1. The van der Waals surface area contributed by atoms with Gasteiger partial charge in [-0.1, -0.05) is 6.07 Å². The molecule has 0 radical (unpaired) electrons. The summed E-state index contributed by atoms with van der Waals surface area (Å²) in [6.45, 7) is 2.40. The van der Waals surface area contributed by atoms with Gasteiger partial charge >= 0.3 is 0 Å². The van der Waals surface area contributed by atoms with E-state index in [1.54, 1.807) is 23.1 Å². The minimum absolute atomic E-state index is 0.0395. The molecule has 0 aromatic heterocycles. The van der Waals surface area contributed by atoms with Crippen molar-refractivity contribution in [2.45, 2.75) is 18.6 Å². The van der Waals surface area contributed by atoms with Crippen LogP contribution in [-0.4, -0.2) is 42.9 Å². The molecule has 1 aromatic carbocycles. The van der Waals surface area contributed by atoms with Crippen molar-refractivity contribution in [3.63, 3.8) is 0 Å². The average molecular weight is 341 g/mol. The van der Waals surface area contributed by atoms with E-state index in [1.165, 1.54) is 0 Å². The van der Waals surface area contributed by atoms with Crippen molar-refractivity contribution in [3.05, 3.63) is 28.2 Å². The van der Waals surface area contributed by atoms with E-state index in [0.29, 0.717) is 42.0 Å². The number of halogens is 1. The van der Waals surface area contributed by atoms with Gasteiger partial charge in [-0.2, -0.15) is 0 Å². The van der Waals surface area contributed by atoms with Gasteiger partial charge in [-0.15, -0.1) is 0 Å². The van der Waals surface area contributed by atoms with Gasteiger partial charge in [0.15, 0.2) is 5.79 Å². The van der Waals surface area contributed by atoms with E-state index in [2.05, 4.69) is 15.9 Å². The number of likely N-dealkylation sites (tertiary alicyclic amines) is 1. The molecule has 0 saturated carbocycles. The zero-order valence-electron chi connectivity index (χ0n) is 11.1. The van der Waals surface area contributed by atoms with Gasteiger partial charge in [0.05, 0.1) is 29.8 Å². The van der Waals surface area contributed by atoms with Crippen molar-refractivity contribution in [1.29, 1.82) is 0 Å². The second kappa shape index (κ2) is 5.35. The molecule has 20 heavy (non-hydrogen) atoms. The molecule has 108 valence electrons. The molecule has 2 heterocycles. The maximum Gasteiger partial charge on any atom is 0.255 e. The standard InChI is InChI=1S/C14H17BrN2O3/c15-12-10(3-1-4-11(12)16)13(18)17-6-2-5-14(9-17)19-7-8-20-14/h1,3-4H,2,5-9,16H2. The molecule has 6 heteroatoms. The topological polar surface area (TPSA) is 64.8 Å². The molecule has 0 atom stereocenters. The normalized spacial score (nSPS) is 21.4. The van der Waals surface area contributed by atoms with E-state index in [4.69, 9.17) is 15.2 Å². The molecule has 2 N–H and O–H groups in total. The highest BCUT2D eigenvalue weighted by atomic mass is 79.9. The first-order valence-corrected chi connectivity index (χ1v) is 7.52. The van der Waals surface area contributed by atoms with Crippen LogP contribution in [0.5, 0.6) is 0 Å². The molecular weight excluding hydrogens is 324 g/mol. The van der Waals surface area contributed by atoms with Gasteiger partial charge in [0.25, 0.3) is 5.91 Å². The van der Waals surface area contributed by atoms with Gasteiger partial charge in [-0.3, -0.25) is 4.79 Å². The Morgan fingerprint density at radius 2 is 2.10 bits per heavy atom. The molecule has 2 fully saturated rings. The first-order chi connectivity index (χ1) is 9.61. The van der Waals surface area contributed by atoms with Crippen molar-refractivity contribution in [2.75, 3.05) is 32.0 Å². The van der Waals surface area contributed by atoms with Gasteiger partial charge in [0.1, 0.15) is 0 Å². The Balaban J connectivity index is 1.81. The van der Waals surface area contributed by atoms with Crippen molar-refractivity contribution in [1.82, 2.24) is 4.90 Å². The number of benzene rings is 1. The number of nitrogen functional groups attached to an aromatic ring is 1. The van der Waals surface area contributed by atoms with Gasteiger partial charge in [0.2, 0.25) is 0 Å². The van der Waals surface area contributed by atoms with Crippen LogP contribution in [0.3, 0.4) is 0 Å². The van der Waals surface area contributed by atoms with Crippen molar-refractivity contribution >= 4 is 27.5 Å². The van der Waals surface area contributed by atoms with E-state index in [1.807, 2.05) is 0 Å². The summed E-state index contributed by atoms with van der Waals surface area (Å²) in [7, 11) is 0. The summed E-state index contributed by atoms with van der Waals surface area (Å²) in [6.07, 6.45) is 1.72. The van der Waals surface area contributed by atoms with Crippen LogP contribution in [0.15, 0.2) is 22.7 Å². The highest BCUT2D eigenvalue weighted by Gasteiger charge is 2.42. The number of ether oxygens (including phenoxy) is 2. The second-order valence-electron chi connectivity index (χ2n) is 5.15. The van der Waals surface area contributed by atoms with Crippen LogP contribution in [0.2, 0.25) is 0 Å². The van der Waals surface area contributed by atoms with E-state index < -0.39 is 5.79 Å². The summed E-state index contributed by atoms with van der Waals surface area (Å²) in [5.41, 5.74) is 6.99. The number of hydrogen-bond donors (Lipinski definition) is 1. The molecule has 2 aliphatic rings. The summed E-state index contributed by atoms with van der Waals surface area (Å²) in [6, 6.07) is 5.33. The SMILES string of the molecule is Nc1cccc(C(=O)N2CCCC3(C2)OCCO3)c1Br.